The Balaban J connectivity index is 1.69. The molecule has 0 aliphatic heterocycles. The Morgan fingerprint density at radius 1 is 1.21 bits per heavy atom. The molecule has 128 valence electrons. The van der Waals surface area contributed by atoms with Crippen LogP contribution in [0.1, 0.15) is 35.8 Å². The second-order valence-corrected chi connectivity index (χ2v) is 5.43. The minimum Gasteiger partial charge on any atom is -0.377 e. The maximum atomic E-state index is 12.0. The molecule has 24 heavy (non-hydrogen) atoms. The van der Waals surface area contributed by atoms with Crippen LogP contribution in [0.15, 0.2) is 47.3 Å². The van der Waals surface area contributed by atoms with Crippen LogP contribution in [0.3, 0.4) is 0 Å². The summed E-state index contributed by atoms with van der Waals surface area (Å²) in [7, 11) is 0. The molecule has 0 bridgehead atoms. The van der Waals surface area contributed by atoms with Gasteiger partial charge in [0.15, 0.2) is 0 Å². The number of carbonyl (C=O) groups is 1. The van der Waals surface area contributed by atoms with Gasteiger partial charge >= 0.3 is 0 Å². The molecule has 1 N–H and O–H groups in total. The highest BCUT2D eigenvalue weighted by molar-refractivity contribution is 5.91. The van der Waals surface area contributed by atoms with Crippen molar-refractivity contribution in [2.24, 2.45) is 0 Å². The summed E-state index contributed by atoms with van der Waals surface area (Å²) in [6.07, 6.45) is 1.50. The summed E-state index contributed by atoms with van der Waals surface area (Å²) >= 11 is 0. The van der Waals surface area contributed by atoms with Gasteiger partial charge in [0.1, 0.15) is 5.69 Å². The van der Waals surface area contributed by atoms with Crippen LogP contribution < -0.4 is 10.9 Å². The Morgan fingerprint density at radius 2 is 2.00 bits per heavy atom. The van der Waals surface area contributed by atoms with Crippen LogP contribution in [0, 0.1) is 0 Å². The molecule has 2 aromatic rings. The number of nitrogens with zero attached hydrogens (tertiary/aromatic N) is 2. The molecule has 2 rings (SSSR count). The van der Waals surface area contributed by atoms with Crippen LogP contribution in [0.4, 0.5) is 0 Å². The molecular weight excluding hydrogens is 306 g/mol. The zero-order valence-corrected chi connectivity index (χ0v) is 13.9. The summed E-state index contributed by atoms with van der Waals surface area (Å²) in [5.74, 6) is -0.275. The van der Waals surface area contributed by atoms with Gasteiger partial charge in [-0.2, -0.15) is 5.10 Å². The van der Waals surface area contributed by atoms with Crippen LogP contribution in [0.25, 0.3) is 0 Å². The Hall–Kier alpha value is -2.47. The molecular formula is C18H23N3O3. The van der Waals surface area contributed by atoms with E-state index in [-0.39, 0.29) is 17.2 Å². The standard InChI is InChI=1S/C18H23N3O3/c1-2-12-21-17(22)10-9-16(20-21)18(23)19-11-6-13-24-14-15-7-4-3-5-8-15/h3-5,7-10H,2,6,11-14H2,1H3,(H,19,23). The van der Waals surface area contributed by atoms with Gasteiger partial charge in [0.05, 0.1) is 6.61 Å². The number of rotatable bonds is 9. The van der Waals surface area contributed by atoms with E-state index in [9.17, 15) is 9.59 Å². The largest absolute Gasteiger partial charge is 0.377 e. The molecule has 0 saturated carbocycles. The molecule has 1 heterocycles. The average Bonchev–Trinajstić information content (AvgIpc) is 2.60. The van der Waals surface area contributed by atoms with E-state index in [1.165, 1.54) is 16.8 Å². The van der Waals surface area contributed by atoms with Gasteiger partial charge in [-0.1, -0.05) is 37.3 Å². The maximum absolute atomic E-state index is 12.0. The highest BCUT2D eigenvalue weighted by Crippen LogP contribution is 2.00. The van der Waals surface area contributed by atoms with E-state index in [1.807, 2.05) is 37.3 Å². The summed E-state index contributed by atoms with van der Waals surface area (Å²) in [5, 5.41) is 6.87. The lowest BCUT2D eigenvalue weighted by Gasteiger charge is -2.07. The Morgan fingerprint density at radius 3 is 2.75 bits per heavy atom. The Labute approximate surface area is 141 Å². The quantitative estimate of drug-likeness (QED) is 0.714. The molecule has 1 amide bonds. The number of benzene rings is 1. The monoisotopic (exact) mass is 329 g/mol. The van der Waals surface area contributed by atoms with E-state index in [1.54, 1.807) is 0 Å². The van der Waals surface area contributed by atoms with Crippen LogP contribution >= 0.6 is 0 Å². The van der Waals surface area contributed by atoms with E-state index in [4.69, 9.17) is 4.74 Å². The third-order valence-electron chi connectivity index (χ3n) is 3.40. The van der Waals surface area contributed by atoms with Crippen molar-refractivity contribution in [3.63, 3.8) is 0 Å². The average molecular weight is 329 g/mol. The molecule has 0 aliphatic rings. The van der Waals surface area contributed by atoms with E-state index in [0.29, 0.717) is 32.7 Å². The lowest BCUT2D eigenvalue weighted by atomic mass is 10.2. The van der Waals surface area contributed by atoms with E-state index in [0.717, 1.165) is 12.0 Å². The molecule has 6 nitrogen and oxygen atoms in total. The van der Waals surface area contributed by atoms with Crippen LogP contribution in [-0.4, -0.2) is 28.8 Å². The minimum absolute atomic E-state index is 0.192. The number of carbonyl (C=O) groups excluding carboxylic acids is 1. The molecule has 6 heteroatoms. The molecule has 1 aromatic heterocycles. The normalized spacial score (nSPS) is 10.5. The number of hydrogen-bond donors (Lipinski definition) is 1. The SMILES string of the molecule is CCCn1nc(C(=O)NCCCOCc2ccccc2)ccc1=O. The first-order valence-corrected chi connectivity index (χ1v) is 8.18. The number of ether oxygens (including phenoxy) is 1. The van der Waals surface area contributed by atoms with Gasteiger partial charge in [0.25, 0.3) is 11.5 Å². The summed E-state index contributed by atoms with van der Waals surface area (Å²) in [6.45, 7) is 4.10. The minimum atomic E-state index is -0.275. The number of aryl methyl sites for hydroxylation is 1. The summed E-state index contributed by atoms with van der Waals surface area (Å²) in [4.78, 5) is 23.6. The fourth-order valence-electron chi connectivity index (χ4n) is 2.17. The van der Waals surface area contributed by atoms with Crippen molar-refractivity contribution in [3.8, 4) is 0 Å². The second kappa shape index (κ2) is 9.62. The predicted molar refractivity (Wildman–Crippen MR) is 91.8 cm³/mol. The van der Waals surface area contributed by atoms with Gasteiger partial charge in [-0.05, 0) is 24.5 Å². The van der Waals surface area contributed by atoms with Gasteiger partial charge in [-0.25, -0.2) is 4.68 Å². The second-order valence-electron chi connectivity index (χ2n) is 5.43. The van der Waals surface area contributed by atoms with Crippen molar-refractivity contribution in [2.45, 2.75) is 32.9 Å². The van der Waals surface area contributed by atoms with Crippen molar-refractivity contribution >= 4 is 5.91 Å². The zero-order valence-electron chi connectivity index (χ0n) is 13.9. The highest BCUT2D eigenvalue weighted by Gasteiger charge is 2.08. The summed E-state index contributed by atoms with van der Waals surface area (Å²) in [5.41, 5.74) is 1.19. The predicted octanol–water partition coefficient (Wildman–Crippen LogP) is 1.99. The van der Waals surface area contributed by atoms with Crippen molar-refractivity contribution < 1.29 is 9.53 Å². The van der Waals surface area contributed by atoms with Gasteiger partial charge < -0.3 is 10.1 Å². The van der Waals surface area contributed by atoms with Gasteiger partial charge in [-0.3, -0.25) is 9.59 Å². The van der Waals surface area contributed by atoms with Crippen LogP contribution in [0.5, 0.6) is 0 Å². The van der Waals surface area contributed by atoms with Crippen molar-refractivity contribution in [2.75, 3.05) is 13.2 Å². The van der Waals surface area contributed by atoms with Crippen molar-refractivity contribution in [1.82, 2.24) is 15.1 Å². The molecule has 0 radical (unpaired) electrons. The number of hydrogen-bond acceptors (Lipinski definition) is 4. The number of nitrogens with one attached hydrogen (secondary N) is 1. The first-order chi connectivity index (χ1) is 11.7. The topological polar surface area (TPSA) is 73.2 Å². The molecule has 0 spiro atoms. The van der Waals surface area contributed by atoms with Gasteiger partial charge in [0, 0.05) is 25.8 Å². The summed E-state index contributed by atoms with van der Waals surface area (Å²) in [6, 6.07) is 12.8. The van der Waals surface area contributed by atoms with Crippen molar-refractivity contribution in [1.29, 1.82) is 0 Å². The molecule has 0 fully saturated rings. The molecule has 0 aliphatic carbocycles. The van der Waals surface area contributed by atoms with Gasteiger partial charge in [0.2, 0.25) is 0 Å². The maximum Gasteiger partial charge on any atom is 0.271 e. The highest BCUT2D eigenvalue weighted by atomic mass is 16.5. The molecule has 0 saturated heterocycles. The third kappa shape index (κ3) is 5.62. The van der Waals surface area contributed by atoms with E-state index >= 15 is 0 Å². The Kier molecular flexibility index (Phi) is 7.17. The van der Waals surface area contributed by atoms with Crippen LogP contribution in [0.2, 0.25) is 0 Å². The lowest BCUT2D eigenvalue weighted by Crippen LogP contribution is -2.30. The van der Waals surface area contributed by atoms with Crippen LogP contribution in [-0.2, 0) is 17.9 Å². The third-order valence-corrected chi connectivity index (χ3v) is 3.40. The fraction of sp³-hybridized carbons (Fsp3) is 0.389. The molecule has 1 aromatic carbocycles. The molecule has 0 unspecified atom stereocenters. The first kappa shape index (κ1) is 17.9. The van der Waals surface area contributed by atoms with Gasteiger partial charge in [-0.15, -0.1) is 0 Å². The smallest absolute Gasteiger partial charge is 0.271 e. The number of amides is 1. The number of aromatic nitrogens is 2. The fourth-order valence-corrected chi connectivity index (χ4v) is 2.17. The molecule has 0 atom stereocenters. The first-order valence-electron chi connectivity index (χ1n) is 8.18. The van der Waals surface area contributed by atoms with Crippen molar-refractivity contribution in [3.05, 3.63) is 64.1 Å². The summed E-state index contributed by atoms with van der Waals surface area (Å²) < 4.78 is 6.88. The zero-order chi connectivity index (χ0) is 17.2. The van der Waals surface area contributed by atoms with E-state index in [2.05, 4.69) is 10.4 Å². The lowest BCUT2D eigenvalue weighted by molar-refractivity contribution is 0.0927. The van der Waals surface area contributed by atoms with E-state index < -0.39 is 0 Å². The Bertz CT molecular complexity index is 698.